The Morgan fingerprint density at radius 1 is 0.968 bits per heavy atom. The van der Waals surface area contributed by atoms with Gasteiger partial charge in [-0.25, -0.2) is 0 Å². The number of thiol groups is 1. The van der Waals surface area contributed by atoms with Crippen molar-refractivity contribution < 1.29 is 24.2 Å². The van der Waals surface area contributed by atoms with Crippen LogP contribution in [0.5, 0.6) is 0 Å². The van der Waals surface area contributed by atoms with Crippen LogP contribution in [0.15, 0.2) is 24.3 Å². The molecule has 0 heterocycles. The molecule has 31 heavy (non-hydrogen) atoms. The lowest BCUT2D eigenvalue weighted by Crippen LogP contribution is -2.43. The number of nitrogens with one attached hydrogen (secondary N) is 1. The lowest BCUT2D eigenvalue weighted by Gasteiger charge is -2.19. The summed E-state index contributed by atoms with van der Waals surface area (Å²) in [7, 11) is 1.00. The van der Waals surface area contributed by atoms with Crippen LogP contribution >= 0.6 is 12.6 Å². The van der Waals surface area contributed by atoms with Crippen molar-refractivity contribution in [1.82, 2.24) is 5.32 Å². The van der Waals surface area contributed by atoms with Crippen LogP contribution in [0.3, 0.4) is 0 Å². The third kappa shape index (κ3) is 14.9. The first-order valence-electron chi connectivity index (χ1n) is 10.6. The number of carbonyl (C=O) groups is 3. The number of amides is 1. The number of aliphatic hydroxyl groups is 1. The summed E-state index contributed by atoms with van der Waals surface area (Å²) in [6.07, 6.45) is 0.756. The minimum absolute atomic E-state index is 0.000695. The van der Waals surface area contributed by atoms with E-state index in [1.54, 1.807) is 24.3 Å². The Labute approximate surface area is 193 Å². The standard InChI is InChI=1S/C16H21NO3S.C7H16O.CH4O/c1-10(2)15(11(3)18)17-16(20)13-6-4-12(5-7-13)14(19)8-9-21;1-6(2)5-8-7(3)4;1-2/h4-7,10,15,21H,8-9H2,1-3H3,(H,17,20);6-7H,5H2,1-4H3;2H,1H3. The van der Waals surface area contributed by atoms with Gasteiger partial charge >= 0.3 is 0 Å². The van der Waals surface area contributed by atoms with Crippen molar-refractivity contribution in [2.24, 2.45) is 11.8 Å². The monoisotopic (exact) mass is 455 g/mol. The molecule has 0 saturated heterocycles. The highest BCUT2D eigenvalue weighted by atomic mass is 32.1. The van der Waals surface area contributed by atoms with Gasteiger partial charge in [-0.1, -0.05) is 39.8 Å². The van der Waals surface area contributed by atoms with E-state index in [2.05, 4.69) is 45.6 Å². The fraction of sp³-hybridized carbons (Fsp3) is 0.625. The number of rotatable bonds is 10. The summed E-state index contributed by atoms with van der Waals surface area (Å²) in [6.45, 7) is 14.5. The van der Waals surface area contributed by atoms with Crippen LogP contribution in [0.4, 0.5) is 0 Å². The smallest absolute Gasteiger partial charge is 0.251 e. The molecule has 1 rings (SSSR count). The Kier molecular flexibility index (Phi) is 18.2. The number of aliphatic hydroxyl groups excluding tert-OH is 1. The molecule has 0 radical (unpaired) electrons. The van der Waals surface area contributed by atoms with E-state index >= 15 is 0 Å². The summed E-state index contributed by atoms with van der Waals surface area (Å²) < 4.78 is 5.30. The van der Waals surface area contributed by atoms with Gasteiger partial charge in [-0.2, -0.15) is 12.6 Å². The first-order valence-corrected chi connectivity index (χ1v) is 11.2. The minimum Gasteiger partial charge on any atom is -0.400 e. The predicted octanol–water partition coefficient (Wildman–Crippen LogP) is 4.21. The van der Waals surface area contributed by atoms with Crippen LogP contribution in [0.1, 0.15) is 75.6 Å². The van der Waals surface area contributed by atoms with E-state index in [4.69, 9.17) is 9.84 Å². The predicted molar refractivity (Wildman–Crippen MR) is 130 cm³/mol. The van der Waals surface area contributed by atoms with Crippen molar-refractivity contribution in [1.29, 1.82) is 0 Å². The highest BCUT2D eigenvalue weighted by Crippen LogP contribution is 2.09. The van der Waals surface area contributed by atoms with Crippen molar-refractivity contribution in [3.8, 4) is 0 Å². The number of Topliss-reactive ketones (excluding diaryl/α,β-unsaturated/α-hetero) is 2. The molecule has 0 fully saturated rings. The molecule has 1 unspecified atom stereocenters. The van der Waals surface area contributed by atoms with Gasteiger partial charge < -0.3 is 15.2 Å². The quantitative estimate of drug-likeness (QED) is 0.363. The van der Waals surface area contributed by atoms with E-state index in [-0.39, 0.29) is 23.4 Å². The van der Waals surface area contributed by atoms with E-state index in [1.807, 2.05) is 13.8 Å². The van der Waals surface area contributed by atoms with Crippen LogP contribution in [-0.4, -0.2) is 54.2 Å². The average Bonchev–Trinajstić information content (AvgIpc) is 2.72. The highest BCUT2D eigenvalue weighted by molar-refractivity contribution is 7.80. The Hall–Kier alpha value is -1.70. The highest BCUT2D eigenvalue weighted by Gasteiger charge is 2.21. The molecule has 0 aliphatic heterocycles. The number of hydrogen-bond acceptors (Lipinski definition) is 6. The van der Waals surface area contributed by atoms with Crippen LogP contribution < -0.4 is 5.32 Å². The topological polar surface area (TPSA) is 92.7 Å². The molecule has 0 aromatic heterocycles. The van der Waals surface area contributed by atoms with Gasteiger partial charge in [0.25, 0.3) is 5.91 Å². The van der Waals surface area contributed by atoms with Gasteiger partial charge in [-0.05, 0) is 50.5 Å². The molecular formula is C24H41NO5S. The Morgan fingerprint density at radius 2 is 1.45 bits per heavy atom. The Balaban J connectivity index is 0. The zero-order chi connectivity index (χ0) is 24.6. The van der Waals surface area contributed by atoms with E-state index in [0.717, 1.165) is 13.7 Å². The van der Waals surface area contributed by atoms with Gasteiger partial charge in [0, 0.05) is 31.3 Å². The summed E-state index contributed by atoms with van der Waals surface area (Å²) in [5, 5.41) is 9.72. The van der Waals surface area contributed by atoms with Gasteiger partial charge in [0.05, 0.1) is 12.1 Å². The van der Waals surface area contributed by atoms with Crippen LogP contribution in [0.25, 0.3) is 0 Å². The molecule has 1 aromatic carbocycles. The number of benzene rings is 1. The maximum Gasteiger partial charge on any atom is 0.251 e. The molecule has 1 atom stereocenters. The molecule has 6 nitrogen and oxygen atoms in total. The second kappa shape index (κ2) is 17.9. The summed E-state index contributed by atoms with van der Waals surface area (Å²) in [6, 6.07) is 5.94. The first kappa shape index (κ1) is 31.5. The summed E-state index contributed by atoms with van der Waals surface area (Å²) >= 11 is 4.02. The molecule has 0 saturated carbocycles. The molecule has 178 valence electrons. The average molecular weight is 456 g/mol. The molecule has 0 aliphatic carbocycles. The maximum atomic E-state index is 12.1. The van der Waals surface area contributed by atoms with Crippen LogP contribution in [-0.2, 0) is 9.53 Å². The molecule has 1 amide bonds. The Morgan fingerprint density at radius 3 is 1.77 bits per heavy atom. The second-order valence-electron chi connectivity index (χ2n) is 8.06. The molecule has 0 bridgehead atoms. The first-order chi connectivity index (χ1) is 14.5. The van der Waals surface area contributed by atoms with Gasteiger partial charge in [-0.3, -0.25) is 14.4 Å². The van der Waals surface area contributed by atoms with Crippen molar-refractivity contribution in [3.63, 3.8) is 0 Å². The van der Waals surface area contributed by atoms with Crippen molar-refractivity contribution in [3.05, 3.63) is 35.4 Å². The summed E-state index contributed by atoms with van der Waals surface area (Å²) in [5.74, 6) is 0.812. The van der Waals surface area contributed by atoms with E-state index in [9.17, 15) is 14.4 Å². The second-order valence-corrected chi connectivity index (χ2v) is 8.50. The lowest BCUT2D eigenvalue weighted by atomic mass is 10.00. The van der Waals surface area contributed by atoms with Crippen molar-refractivity contribution in [2.45, 2.75) is 67.0 Å². The van der Waals surface area contributed by atoms with E-state index in [1.165, 1.54) is 6.92 Å². The maximum absolute atomic E-state index is 12.1. The van der Waals surface area contributed by atoms with Gasteiger partial charge in [0.2, 0.25) is 0 Å². The third-order valence-corrected chi connectivity index (χ3v) is 4.19. The number of ether oxygens (including phenoxy) is 1. The fourth-order valence-corrected chi connectivity index (χ4v) is 2.60. The van der Waals surface area contributed by atoms with Crippen LogP contribution in [0, 0.1) is 11.8 Å². The fourth-order valence-electron chi connectivity index (χ4n) is 2.40. The molecular weight excluding hydrogens is 414 g/mol. The van der Waals surface area contributed by atoms with Gasteiger partial charge in [-0.15, -0.1) is 0 Å². The van der Waals surface area contributed by atoms with E-state index in [0.29, 0.717) is 35.3 Å². The minimum atomic E-state index is -0.497. The van der Waals surface area contributed by atoms with Gasteiger partial charge in [0.15, 0.2) is 11.6 Å². The zero-order valence-electron chi connectivity index (χ0n) is 20.3. The van der Waals surface area contributed by atoms with Crippen LogP contribution in [0.2, 0.25) is 0 Å². The Bertz CT molecular complexity index is 634. The van der Waals surface area contributed by atoms with Crippen molar-refractivity contribution in [2.75, 3.05) is 19.5 Å². The molecule has 2 N–H and O–H groups in total. The molecule has 0 aliphatic rings. The lowest BCUT2D eigenvalue weighted by molar-refractivity contribution is -0.119. The van der Waals surface area contributed by atoms with Gasteiger partial charge in [0.1, 0.15) is 0 Å². The zero-order valence-corrected chi connectivity index (χ0v) is 21.2. The largest absolute Gasteiger partial charge is 0.400 e. The normalized spacial score (nSPS) is 11.3. The third-order valence-electron chi connectivity index (χ3n) is 3.96. The number of carbonyl (C=O) groups excluding carboxylic acids is 3. The SMILES string of the molecule is CC(=O)C(NC(=O)c1ccc(C(=O)CCS)cc1)C(C)C.CC(C)COC(C)C.CO. The van der Waals surface area contributed by atoms with Crippen molar-refractivity contribution >= 4 is 30.1 Å². The molecule has 1 aromatic rings. The number of ketones is 2. The molecule has 7 heteroatoms. The van der Waals surface area contributed by atoms with E-state index < -0.39 is 6.04 Å². The molecule has 0 spiro atoms. The number of hydrogen-bond donors (Lipinski definition) is 3. The summed E-state index contributed by atoms with van der Waals surface area (Å²) in [5.41, 5.74) is 0.997. The summed E-state index contributed by atoms with van der Waals surface area (Å²) in [4.78, 5) is 35.3.